The third-order valence-electron chi connectivity index (χ3n) is 4.88. The van der Waals surface area contributed by atoms with Crippen molar-refractivity contribution in [2.75, 3.05) is 12.4 Å². The van der Waals surface area contributed by atoms with Crippen molar-refractivity contribution in [1.82, 2.24) is 10.2 Å². The fraction of sp³-hybridized carbons (Fsp3) is 0.474. The summed E-state index contributed by atoms with van der Waals surface area (Å²) in [5, 5.41) is 13.3. The number of carbonyl (C=O) groups excluding carboxylic acids is 3. The van der Waals surface area contributed by atoms with Crippen molar-refractivity contribution in [2.45, 2.75) is 39.3 Å². The molecule has 0 radical (unpaired) electrons. The highest BCUT2D eigenvalue weighted by molar-refractivity contribution is 8.06. The largest absolute Gasteiger partial charge is 0.460 e. The Kier molecular flexibility index (Phi) is 7.59. The number of carbonyl (C=O) groups is 3. The van der Waals surface area contributed by atoms with E-state index < -0.39 is 38.6 Å². The van der Waals surface area contributed by atoms with E-state index in [0.717, 1.165) is 17.3 Å². The second-order valence-corrected chi connectivity index (χ2v) is 12.2. The Hall–Kier alpha value is -1.31. The van der Waals surface area contributed by atoms with Gasteiger partial charge < -0.3 is 15.0 Å². The highest BCUT2D eigenvalue weighted by Crippen LogP contribution is 2.52. The van der Waals surface area contributed by atoms with Crippen molar-refractivity contribution in [3.05, 3.63) is 35.9 Å². The number of nitriles is 1. The number of hydrogen-bond acceptors (Lipinski definition) is 7. The van der Waals surface area contributed by atoms with E-state index in [0.29, 0.717) is 0 Å². The summed E-state index contributed by atoms with van der Waals surface area (Å²) in [6.45, 7) is 1.31. The number of rotatable bonds is 7. The lowest BCUT2D eigenvalue weighted by molar-refractivity contribution is -0.164. The Morgan fingerprint density at radius 1 is 1.35 bits per heavy atom. The number of nitrogens with one attached hydrogen (secondary N) is 1. The number of hydrogen-bond donors (Lipinski definition) is 1. The van der Waals surface area contributed by atoms with Crippen LogP contribution in [-0.2, 0) is 25.5 Å². The molecule has 12 heteroatoms. The van der Waals surface area contributed by atoms with Crippen LogP contribution in [0.2, 0.25) is 0 Å². The zero-order chi connectivity index (χ0) is 22.8. The minimum absolute atomic E-state index is 0.137. The van der Waals surface area contributed by atoms with Gasteiger partial charge in [0.2, 0.25) is 15.6 Å². The number of nitrogens with zero attached hydrogens (tertiary/aromatic N) is 2. The Morgan fingerprint density at radius 2 is 2.03 bits per heavy atom. The van der Waals surface area contributed by atoms with Crippen LogP contribution in [0, 0.1) is 10.7 Å². The predicted molar refractivity (Wildman–Crippen MR) is 122 cm³/mol. The minimum Gasteiger partial charge on any atom is -0.460 e. The number of ether oxygens (including phenoxy) is 1. The van der Waals surface area contributed by atoms with Crippen LogP contribution >= 0.6 is 58.3 Å². The van der Waals surface area contributed by atoms with E-state index in [-0.39, 0.29) is 24.0 Å². The smallest absolute Gasteiger partial charge is 0.330 e. The molecule has 4 unspecified atom stereocenters. The Bertz CT molecular complexity index is 909. The second-order valence-electron chi connectivity index (χ2n) is 7.28. The van der Waals surface area contributed by atoms with Crippen LogP contribution in [0.5, 0.6) is 0 Å². The van der Waals surface area contributed by atoms with Gasteiger partial charge in [-0.25, -0.2) is 4.79 Å². The summed E-state index contributed by atoms with van der Waals surface area (Å²) in [6, 6.07) is 7.43. The van der Waals surface area contributed by atoms with Crippen molar-refractivity contribution >= 4 is 76.1 Å². The van der Waals surface area contributed by atoms with Crippen LogP contribution in [0.3, 0.4) is 0 Å². The van der Waals surface area contributed by atoms with Crippen LogP contribution in [-0.4, -0.2) is 61.0 Å². The van der Waals surface area contributed by atoms with E-state index in [1.54, 1.807) is 6.92 Å². The standard InChI is InChI=1S/C19H18Cl3N3O4S2/c1-18(9-30-10-23)14(17(28)29-8-19(20,21)22)25-15(27)13(16(25)31-18)24-12(26)7-11-5-3-2-4-6-11/h2-6,13-14,16H,7-9H2,1H3,(H,24,26). The highest BCUT2D eigenvalue weighted by atomic mass is 35.6. The summed E-state index contributed by atoms with van der Waals surface area (Å²) in [4.78, 5) is 39.5. The summed E-state index contributed by atoms with van der Waals surface area (Å²) in [5.74, 6) is -1.13. The van der Waals surface area contributed by atoms with Gasteiger partial charge in [-0.15, -0.1) is 11.8 Å². The Labute approximate surface area is 203 Å². The van der Waals surface area contributed by atoms with Gasteiger partial charge in [-0.1, -0.05) is 65.1 Å². The SMILES string of the molecule is CC1(CSC#N)SC2C(NC(=O)Cc3ccccc3)C(=O)N2C1C(=O)OCC(Cl)(Cl)Cl. The Morgan fingerprint density at radius 3 is 2.65 bits per heavy atom. The zero-order valence-corrected chi connectivity index (χ0v) is 20.1. The molecule has 1 aromatic rings. The summed E-state index contributed by atoms with van der Waals surface area (Å²) in [5.41, 5.74) is 0.825. The molecule has 2 aliphatic heterocycles. The van der Waals surface area contributed by atoms with E-state index in [2.05, 4.69) is 5.32 Å². The van der Waals surface area contributed by atoms with Crippen molar-refractivity contribution in [1.29, 1.82) is 5.26 Å². The van der Waals surface area contributed by atoms with E-state index in [1.165, 1.54) is 16.7 Å². The lowest BCUT2D eigenvalue weighted by Crippen LogP contribution is -2.71. The fourth-order valence-electron chi connectivity index (χ4n) is 3.54. The number of alkyl halides is 3. The van der Waals surface area contributed by atoms with E-state index in [9.17, 15) is 14.4 Å². The molecule has 2 aliphatic rings. The number of esters is 1. The molecule has 0 spiro atoms. The van der Waals surface area contributed by atoms with Crippen LogP contribution < -0.4 is 5.32 Å². The molecule has 2 fully saturated rings. The predicted octanol–water partition coefficient (Wildman–Crippen LogP) is 2.88. The molecule has 166 valence electrons. The average Bonchev–Trinajstić information content (AvgIpc) is 2.99. The molecule has 0 bridgehead atoms. The van der Waals surface area contributed by atoms with Crippen LogP contribution in [0.4, 0.5) is 0 Å². The monoisotopic (exact) mass is 521 g/mol. The zero-order valence-electron chi connectivity index (χ0n) is 16.2. The van der Waals surface area contributed by atoms with Crippen molar-refractivity contribution in [2.24, 2.45) is 0 Å². The maximum absolute atomic E-state index is 12.8. The number of amides is 2. The molecule has 0 aromatic heterocycles. The third kappa shape index (κ3) is 5.55. The fourth-order valence-corrected chi connectivity index (χ4v) is 6.21. The van der Waals surface area contributed by atoms with Crippen molar-refractivity contribution < 1.29 is 19.1 Å². The van der Waals surface area contributed by atoms with Gasteiger partial charge in [-0.3, -0.25) is 9.59 Å². The lowest BCUT2D eigenvalue weighted by atomic mass is 9.95. The van der Waals surface area contributed by atoms with Crippen molar-refractivity contribution in [3.63, 3.8) is 0 Å². The first-order chi connectivity index (χ1) is 14.6. The van der Waals surface area contributed by atoms with Gasteiger partial charge in [0, 0.05) is 5.75 Å². The van der Waals surface area contributed by atoms with Gasteiger partial charge in [0.1, 0.15) is 29.5 Å². The number of thiocyanates is 1. The number of halogens is 3. The second kappa shape index (κ2) is 9.67. The number of β-lactam (4-membered cyclic amide) rings is 1. The first-order valence-electron chi connectivity index (χ1n) is 9.13. The number of fused-ring (bicyclic) bond motifs is 1. The summed E-state index contributed by atoms with van der Waals surface area (Å²) >= 11 is 19.3. The molecule has 0 aliphatic carbocycles. The molecule has 3 rings (SSSR count). The topological polar surface area (TPSA) is 99.5 Å². The van der Waals surface area contributed by atoms with E-state index >= 15 is 0 Å². The molecule has 0 saturated carbocycles. The lowest BCUT2D eigenvalue weighted by Gasteiger charge is -2.44. The summed E-state index contributed by atoms with van der Waals surface area (Å²) < 4.78 is 2.54. The van der Waals surface area contributed by atoms with E-state index in [4.69, 9.17) is 44.8 Å². The van der Waals surface area contributed by atoms with Gasteiger partial charge in [0.15, 0.2) is 0 Å². The molecule has 1 aromatic carbocycles. The molecule has 2 heterocycles. The number of thioether (sulfide) groups is 2. The van der Waals surface area contributed by atoms with Crippen molar-refractivity contribution in [3.8, 4) is 5.40 Å². The highest BCUT2D eigenvalue weighted by Gasteiger charge is 2.66. The first-order valence-corrected chi connectivity index (χ1v) is 12.1. The van der Waals surface area contributed by atoms with Gasteiger partial charge in [-0.2, -0.15) is 5.26 Å². The molecule has 2 amide bonds. The van der Waals surface area contributed by atoms with Gasteiger partial charge in [0.25, 0.3) is 0 Å². The average molecular weight is 523 g/mol. The molecule has 2 saturated heterocycles. The van der Waals surface area contributed by atoms with Crippen LogP contribution in [0.15, 0.2) is 30.3 Å². The summed E-state index contributed by atoms with van der Waals surface area (Å²) in [7, 11) is 0. The van der Waals surface area contributed by atoms with Gasteiger partial charge >= 0.3 is 5.97 Å². The first kappa shape index (κ1) is 24.3. The molecule has 31 heavy (non-hydrogen) atoms. The quantitative estimate of drug-likeness (QED) is 0.254. The van der Waals surface area contributed by atoms with Gasteiger partial charge in [0.05, 0.1) is 11.2 Å². The van der Waals surface area contributed by atoms with Gasteiger partial charge in [-0.05, 0) is 24.2 Å². The molecule has 7 nitrogen and oxygen atoms in total. The minimum atomic E-state index is -1.79. The molecular formula is C19H18Cl3N3O4S2. The summed E-state index contributed by atoms with van der Waals surface area (Å²) in [6.07, 6.45) is 0.137. The van der Waals surface area contributed by atoms with Crippen LogP contribution in [0.25, 0.3) is 0 Å². The maximum Gasteiger partial charge on any atom is 0.330 e. The normalized spacial score (nSPS) is 27.1. The molecule has 1 N–H and O–H groups in total. The third-order valence-corrected chi connectivity index (χ3v) is 7.91. The number of benzene rings is 1. The maximum atomic E-state index is 12.8. The molecular weight excluding hydrogens is 505 g/mol. The van der Waals surface area contributed by atoms with E-state index in [1.807, 2.05) is 35.7 Å². The Balaban J connectivity index is 1.72. The molecule has 4 atom stereocenters. The van der Waals surface area contributed by atoms with Crippen LogP contribution in [0.1, 0.15) is 12.5 Å².